The van der Waals surface area contributed by atoms with Crippen LogP contribution >= 0.6 is 27.3 Å². The van der Waals surface area contributed by atoms with Gasteiger partial charge in [-0.3, -0.25) is 5.32 Å². The van der Waals surface area contributed by atoms with Crippen LogP contribution in [-0.4, -0.2) is 6.54 Å². The molecule has 0 saturated carbocycles. The van der Waals surface area contributed by atoms with Crippen LogP contribution in [0.15, 0.2) is 15.9 Å². The third kappa shape index (κ3) is 3.02. The van der Waals surface area contributed by atoms with Gasteiger partial charge >= 0.3 is 0 Å². The molecule has 0 radical (unpaired) electrons. The van der Waals surface area contributed by atoms with Gasteiger partial charge in [0.05, 0.1) is 16.4 Å². The maximum absolute atomic E-state index is 8.23. The predicted octanol–water partition coefficient (Wildman–Crippen LogP) is 2.12. The first-order valence-electron chi connectivity index (χ1n) is 3.15. The molecule has 1 aromatic rings. The van der Waals surface area contributed by atoms with Gasteiger partial charge in [-0.05, 0) is 28.1 Å². The van der Waals surface area contributed by atoms with Gasteiger partial charge in [-0.1, -0.05) is 0 Å². The van der Waals surface area contributed by atoms with Crippen LogP contribution in [0.2, 0.25) is 0 Å². The fourth-order valence-electron chi connectivity index (χ4n) is 0.688. The number of hydrogen-bond donors (Lipinski definition) is 1. The summed E-state index contributed by atoms with van der Waals surface area (Å²) in [7, 11) is 0. The van der Waals surface area contributed by atoms with Gasteiger partial charge in [-0.15, -0.1) is 11.3 Å². The average molecular weight is 231 g/mol. The fourth-order valence-corrected chi connectivity index (χ4v) is 2.14. The summed E-state index contributed by atoms with van der Waals surface area (Å²) < 4.78 is 1.13. The highest BCUT2D eigenvalue weighted by Gasteiger charge is 1.95. The number of hydrogen-bond acceptors (Lipinski definition) is 3. The maximum atomic E-state index is 8.23. The molecule has 0 fully saturated rings. The van der Waals surface area contributed by atoms with Crippen molar-refractivity contribution in [1.82, 2.24) is 5.32 Å². The third-order valence-corrected chi connectivity index (χ3v) is 2.76. The van der Waals surface area contributed by atoms with E-state index >= 15 is 0 Å². The second-order valence-corrected chi connectivity index (χ2v) is 4.52. The summed E-state index contributed by atoms with van der Waals surface area (Å²) in [5, 5.41) is 11.2. The monoisotopic (exact) mass is 230 g/mol. The molecule has 0 aromatic carbocycles. The molecule has 0 bridgehead atoms. The molecule has 1 N–H and O–H groups in total. The Bertz CT molecular complexity index is 264. The summed E-state index contributed by atoms with van der Waals surface area (Å²) in [6.45, 7) is 1.19. The van der Waals surface area contributed by atoms with E-state index in [1.54, 1.807) is 11.3 Å². The van der Waals surface area contributed by atoms with E-state index in [0.717, 1.165) is 10.3 Å². The molecule has 0 aliphatic heterocycles. The van der Waals surface area contributed by atoms with Crippen LogP contribution in [0.3, 0.4) is 0 Å². The van der Waals surface area contributed by atoms with Gasteiger partial charge in [0.1, 0.15) is 0 Å². The van der Waals surface area contributed by atoms with Crippen LogP contribution in [0, 0.1) is 11.3 Å². The van der Waals surface area contributed by atoms with Gasteiger partial charge in [0, 0.05) is 11.4 Å². The lowest BCUT2D eigenvalue weighted by Gasteiger charge is -1.93. The zero-order chi connectivity index (χ0) is 8.10. The van der Waals surface area contributed by atoms with Crippen molar-refractivity contribution in [1.29, 1.82) is 5.26 Å². The minimum absolute atomic E-state index is 0.412. The summed E-state index contributed by atoms with van der Waals surface area (Å²) >= 11 is 5.05. The van der Waals surface area contributed by atoms with E-state index in [0.29, 0.717) is 6.54 Å². The first-order chi connectivity index (χ1) is 5.33. The Hall–Kier alpha value is -0.370. The van der Waals surface area contributed by atoms with Crippen molar-refractivity contribution in [2.24, 2.45) is 0 Å². The third-order valence-electron chi connectivity index (χ3n) is 1.13. The first kappa shape index (κ1) is 8.72. The summed E-state index contributed by atoms with van der Waals surface area (Å²) in [5.41, 5.74) is 0. The van der Waals surface area contributed by atoms with Gasteiger partial charge in [-0.2, -0.15) is 5.26 Å². The average Bonchev–Trinajstić information content (AvgIpc) is 2.37. The van der Waals surface area contributed by atoms with E-state index in [1.165, 1.54) is 4.88 Å². The Morgan fingerprint density at radius 1 is 1.64 bits per heavy atom. The van der Waals surface area contributed by atoms with Crippen molar-refractivity contribution in [3.63, 3.8) is 0 Å². The van der Waals surface area contributed by atoms with E-state index in [2.05, 4.69) is 21.2 Å². The summed E-state index contributed by atoms with van der Waals surface area (Å²) in [5.74, 6) is 0. The Morgan fingerprint density at radius 2 is 2.45 bits per heavy atom. The number of halogens is 1. The van der Waals surface area contributed by atoms with Crippen LogP contribution in [0.1, 0.15) is 4.88 Å². The smallest absolute Gasteiger partial charge is 0.0843 e. The lowest BCUT2D eigenvalue weighted by molar-refractivity contribution is 0.776. The lowest BCUT2D eigenvalue weighted by Crippen LogP contribution is -2.11. The second-order valence-electron chi connectivity index (χ2n) is 1.97. The molecular formula is C7H7BrN2S. The highest BCUT2D eigenvalue weighted by molar-refractivity contribution is 9.11. The van der Waals surface area contributed by atoms with Crippen molar-refractivity contribution in [2.45, 2.75) is 6.54 Å². The Kier molecular flexibility index (Phi) is 3.57. The fraction of sp³-hybridized carbons (Fsp3) is 0.286. The highest BCUT2D eigenvalue weighted by Crippen LogP contribution is 2.21. The zero-order valence-electron chi connectivity index (χ0n) is 5.80. The molecule has 0 aliphatic carbocycles. The van der Waals surface area contributed by atoms with Crippen LogP contribution in [0.4, 0.5) is 0 Å². The predicted molar refractivity (Wildman–Crippen MR) is 49.3 cm³/mol. The van der Waals surface area contributed by atoms with Crippen molar-refractivity contribution in [2.75, 3.05) is 6.54 Å². The molecule has 1 heterocycles. The Labute approximate surface area is 78.0 Å². The van der Waals surface area contributed by atoms with Crippen molar-refractivity contribution < 1.29 is 0 Å². The molecule has 2 nitrogen and oxygen atoms in total. The van der Waals surface area contributed by atoms with Gasteiger partial charge in [0.15, 0.2) is 0 Å². The molecule has 1 aromatic heterocycles. The van der Waals surface area contributed by atoms with Crippen LogP contribution < -0.4 is 5.32 Å². The molecule has 0 atom stereocenters. The van der Waals surface area contributed by atoms with E-state index in [-0.39, 0.29) is 0 Å². The lowest BCUT2D eigenvalue weighted by atomic mass is 10.4. The molecule has 58 valence electrons. The largest absolute Gasteiger partial charge is 0.300 e. The number of nitriles is 1. The van der Waals surface area contributed by atoms with Crippen molar-refractivity contribution in [3.05, 3.63) is 20.8 Å². The quantitative estimate of drug-likeness (QED) is 0.638. The van der Waals surface area contributed by atoms with Gasteiger partial charge in [-0.25, -0.2) is 0 Å². The number of rotatable bonds is 3. The first-order valence-corrected chi connectivity index (χ1v) is 4.76. The van der Waals surface area contributed by atoms with Gasteiger partial charge < -0.3 is 0 Å². The van der Waals surface area contributed by atoms with Crippen LogP contribution in [0.5, 0.6) is 0 Å². The number of nitrogens with one attached hydrogen (secondary N) is 1. The Balaban J connectivity index is 2.34. The van der Waals surface area contributed by atoms with E-state index in [9.17, 15) is 0 Å². The summed E-state index contributed by atoms with van der Waals surface area (Å²) in [4.78, 5) is 1.24. The van der Waals surface area contributed by atoms with Gasteiger partial charge in [0.2, 0.25) is 0 Å². The minimum atomic E-state index is 0.412. The molecule has 0 spiro atoms. The summed E-state index contributed by atoms with van der Waals surface area (Å²) in [6.07, 6.45) is 0. The van der Waals surface area contributed by atoms with Crippen LogP contribution in [-0.2, 0) is 6.54 Å². The molecular weight excluding hydrogens is 224 g/mol. The second kappa shape index (κ2) is 4.50. The van der Waals surface area contributed by atoms with Crippen LogP contribution in [0.25, 0.3) is 0 Å². The topological polar surface area (TPSA) is 35.8 Å². The number of nitrogens with zero attached hydrogens (tertiary/aromatic N) is 1. The summed E-state index contributed by atoms with van der Waals surface area (Å²) in [6, 6.07) is 6.08. The van der Waals surface area contributed by atoms with Crippen molar-refractivity contribution >= 4 is 27.3 Å². The molecule has 0 saturated heterocycles. The van der Waals surface area contributed by atoms with E-state index in [4.69, 9.17) is 5.26 Å². The molecule has 4 heteroatoms. The van der Waals surface area contributed by atoms with Crippen molar-refractivity contribution in [3.8, 4) is 6.07 Å². The molecule has 0 aliphatic rings. The molecule has 0 amide bonds. The standard InChI is InChI=1S/C7H7BrN2S/c8-7-2-1-6(11-7)5-10-4-3-9/h1-2,10H,4-5H2. The van der Waals surface area contributed by atoms with Gasteiger partial charge in [0.25, 0.3) is 0 Å². The zero-order valence-corrected chi connectivity index (χ0v) is 8.20. The number of thiophene rings is 1. The minimum Gasteiger partial charge on any atom is -0.300 e. The van der Waals surface area contributed by atoms with E-state index < -0.39 is 0 Å². The Morgan fingerprint density at radius 3 is 3.00 bits per heavy atom. The molecule has 1 rings (SSSR count). The maximum Gasteiger partial charge on any atom is 0.0843 e. The van der Waals surface area contributed by atoms with E-state index in [1.807, 2.05) is 18.2 Å². The normalized spacial score (nSPS) is 9.45. The molecule has 0 unspecified atom stereocenters. The SMILES string of the molecule is N#CCNCc1ccc(Br)s1. The molecule has 11 heavy (non-hydrogen) atoms. The highest BCUT2D eigenvalue weighted by atomic mass is 79.9.